The Morgan fingerprint density at radius 2 is 2.00 bits per heavy atom. The second kappa shape index (κ2) is 6.38. The van der Waals surface area contributed by atoms with Gasteiger partial charge in [0, 0.05) is 23.6 Å². The number of nitrogens with one attached hydrogen (secondary N) is 1. The van der Waals surface area contributed by atoms with E-state index in [0.29, 0.717) is 0 Å². The van der Waals surface area contributed by atoms with E-state index in [1.807, 2.05) is 0 Å². The van der Waals surface area contributed by atoms with Crippen molar-refractivity contribution < 1.29 is 0 Å². The van der Waals surface area contributed by atoms with Crippen LogP contribution >= 0.6 is 15.9 Å². The molecule has 0 saturated carbocycles. The molecule has 19 heavy (non-hydrogen) atoms. The molecule has 0 aliphatic carbocycles. The van der Waals surface area contributed by atoms with Crippen LogP contribution in [0, 0.1) is 5.92 Å². The van der Waals surface area contributed by atoms with E-state index < -0.39 is 0 Å². The van der Waals surface area contributed by atoms with Crippen LogP contribution < -0.4 is 5.32 Å². The average molecular weight is 323 g/mol. The smallest absolute Gasteiger partial charge is 0.0233 e. The molecule has 2 aliphatic heterocycles. The molecule has 2 saturated heterocycles. The zero-order valence-electron chi connectivity index (χ0n) is 11.4. The largest absolute Gasteiger partial charge is 0.314 e. The Morgan fingerprint density at radius 3 is 2.74 bits per heavy atom. The molecule has 3 heteroatoms. The molecule has 0 aromatic heterocycles. The highest BCUT2D eigenvalue weighted by atomic mass is 79.9. The lowest BCUT2D eigenvalue weighted by Gasteiger charge is -2.35. The van der Waals surface area contributed by atoms with Gasteiger partial charge in [-0.1, -0.05) is 28.1 Å². The molecule has 104 valence electrons. The fourth-order valence-electron chi connectivity index (χ4n) is 3.53. The third kappa shape index (κ3) is 3.59. The first-order valence-electron chi connectivity index (χ1n) is 7.51. The van der Waals surface area contributed by atoms with Gasteiger partial charge in [0.1, 0.15) is 0 Å². The summed E-state index contributed by atoms with van der Waals surface area (Å²) in [5.74, 6) is 0.867. The first kappa shape index (κ1) is 13.6. The van der Waals surface area contributed by atoms with Crippen LogP contribution in [0.25, 0.3) is 0 Å². The zero-order chi connectivity index (χ0) is 13.1. The summed E-state index contributed by atoms with van der Waals surface area (Å²) < 4.78 is 1.17. The molecule has 3 rings (SSSR count). The molecule has 1 N–H and O–H groups in total. The summed E-state index contributed by atoms with van der Waals surface area (Å²) in [5.41, 5.74) is 1.43. The van der Waals surface area contributed by atoms with Crippen LogP contribution in [0.3, 0.4) is 0 Å². The van der Waals surface area contributed by atoms with Crippen LogP contribution in [0.15, 0.2) is 28.7 Å². The maximum absolute atomic E-state index is 3.69. The standard InChI is InChI=1S/C16H23BrN2/c17-15-7-5-13(6-8-15)11-19-10-2-3-14(12-19)16-4-1-9-18-16/h5-8,14,16,18H,1-4,9-12H2. The minimum Gasteiger partial charge on any atom is -0.314 e. The van der Waals surface area contributed by atoms with Crippen LogP contribution in [0.5, 0.6) is 0 Å². The molecule has 0 bridgehead atoms. The van der Waals surface area contributed by atoms with Crippen LogP contribution in [-0.2, 0) is 6.54 Å². The molecule has 2 heterocycles. The molecule has 2 fully saturated rings. The molecule has 2 nitrogen and oxygen atoms in total. The molecule has 0 radical (unpaired) electrons. The van der Waals surface area contributed by atoms with Crippen molar-refractivity contribution in [2.75, 3.05) is 19.6 Å². The number of hydrogen-bond acceptors (Lipinski definition) is 2. The summed E-state index contributed by atoms with van der Waals surface area (Å²) in [7, 11) is 0. The van der Waals surface area contributed by atoms with Gasteiger partial charge in [-0.3, -0.25) is 4.90 Å². The Balaban J connectivity index is 1.57. The van der Waals surface area contributed by atoms with E-state index in [1.54, 1.807) is 0 Å². The van der Waals surface area contributed by atoms with Crippen molar-refractivity contribution in [3.63, 3.8) is 0 Å². The predicted octanol–water partition coefficient (Wildman–Crippen LogP) is 3.41. The number of rotatable bonds is 3. The van der Waals surface area contributed by atoms with E-state index in [4.69, 9.17) is 0 Å². The van der Waals surface area contributed by atoms with Gasteiger partial charge in [0.15, 0.2) is 0 Å². The van der Waals surface area contributed by atoms with Crippen molar-refractivity contribution in [3.8, 4) is 0 Å². The summed E-state index contributed by atoms with van der Waals surface area (Å²) in [6.45, 7) is 4.87. The molecule has 2 aliphatic rings. The van der Waals surface area contributed by atoms with Crippen LogP contribution in [0.1, 0.15) is 31.2 Å². The minimum absolute atomic E-state index is 0.785. The van der Waals surface area contributed by atoms with E-state index in [9.17, 15) is 0 Å². The number of nitrogens with zero attached hydrogens (tertiary/aromatic N) is 1. The van der Waals surface area contributed by atoms with Gasteiger partial charge in [-0.2, -0.15) is 0 Å². The van der Waals surface area contributed by atoms with Gasteiger partial charge in [-0.05, 0) is 62.4 Å². The molecule has 1 aromatic rings. The predicted molar refractivity (Wildman–Crippen MR) is 83.2 cm³/mol. The molecule has 0 amide bonds. The van der Waals surface area contributed by atoms with Gasteiger partial charge < -0.3 is 5.32 Å². The second-order valence-electron chi connectivity index (χ2n) is 5.97. The van der Waals surface area contributed by atoms with Crippen LogP contribution in [-0.4, -0.2) is 30.6 Å². The highest BCUT2D eigenvalue weighted by Gasteiger charge is 2.28. The van der Waals surface area contributed by atoms with Gasteiger partial charge in [0.25, 0.3) is 0 Å². The van der Waals surface area contributed by atoms with Crippen molar-refractivity contribution in [3.05, 3.63) is 34.3 Å². The van der Waals surface area contributed by atoms with Crippen molar-refractivity contribution in [1.29, 1.82) is 0 Å². The van der Waals surface area contributed by atoms with Gasteiger partial charge in [-0.25, -0.2) is 0 Å². The Bertz CT molecular complexity index is 398. The summed E-state index contributed by atoms with van der Waals surface area (Å²) >= 11 is 3.50. The lowest BCUT2D eigenvalue weighted by molar-refractivity contribution is 0.145. The lowest BCUT2D eigenvalue weighted by Crippen LogP contribution is -2.43. The van der Waals surface area contributed by atoms with Crippen LogP contribution in [0.2, 0.25) is 0 Å². The molecular weight excluding hydrogens is 300 g/mol. The quantitative estimate of drug-likeness (QED) is 0.917. The maximum atomic E-state index is 3.69. The molecule has 2 unspecified atom stereocenters. The third-order valence-corrected chi connectivity index (χ3v) is 5.06. The first-order chi connectivity index (χ1) is 9.31. The van der Waals surface area contributed by atoms with Crippen molar-refractivity contribution in [1.82, 2.24) is 10.2 Å². The Labute approximate surface area is 124 Å². The van der Waals surface area contributed by atoms with Crippen molar-refractivity contribution in [2.24, 2.45) is 5.92 Å². The SMILES string of the molecule is Brc1ccc(CN2CCCC(C3CCCN3)C2)cc1. The normalized spacial score (nSPS) is 28.7. The highest BCUT2D eigenvalue weighted by Crippen LogP contribution is 2.25. The van der Waals surface area contributed by atoms with E-state index >= 15 is 0 Å². The number of benzene rings is 1. The highest BCUT2D eigenvalue weighted by molar-refractivity contribution is 9.10. The number of hydrogen-bond donors (Lipinski definition) is 1. The summed E-state index contributed by atoms with van der Waals surface area (Å²) in [4.78, 5) is 2.64. The van der Waals surface area contributed by atoms with E-state index in [-0.39, 0.29) is 0 Å². The molecular formula is C16H23BrN2. The number of piperidine rings is 1. The average Bonchev–Trinajstić information content (AvgIpc) is 2.96. The molecule has 0 spiro atoms. The summed E-state index contributed by atoms with van der Waals surface area (Å²) in [6.07, 6.45) is 5.53. The van der Waals surface area contributed by atoms with Gasteiger partial charge in [0.2, 0.25) is 0 Å². The fourth-order valence-corrected chi connectivity index (χ4v) is 3.79. The number of halogens is 1. The Morgan fingerprint density at radius 1 is 1.16 bits per heavy atom. The third-order valence-electron chi connectivity index (χ3n) is 4.53. The van der Waals surface area contributed by atoms with Crippen molar-refractivity contribution in [2.45, 2.75) is 38.3 Å². The number of likely N-dealkylation sites (tertiary alicyclic amines) is 1. The minimum atomic E-state index is 0.785. The maximum Gasteiger partial charge on any atom is 0.0233 e. The first-order valence-corrected chi connectivity index (χ1v) is 8.31. The molecule has 2 atom stereocenters. The monoisotopic (exact) mass is 322 g/mol. The topological polar surface area (TPSA) is 15.3 Å². The molecule has 1 aromatic carbocycles. The van der Waals surface area contributed by atoms with E-state index in [0.717, 1.165) is 18.5 Å². The van der Waals surface area contributed by atoms with Crippen molar-refractivity contribution >= 4 is 15.9 Å². The Hall–Kier alpha value is -0.380. The van der Waals surface area contributed by atoms with Gasteiger partial charge >= 0.3 is 0 Å². The fraction of sp³-hybridized carbons (Fsp3) is 0.625. The summed E-state index contributed by atoms with van der Waals surface area (Å²) in [5, 5.41) is 3.69. The van der Waals surface area contributed by atoms with E-state index in [1.165, 1.54) is 55.4 Å². The summed E-state index contributed by atoms with van der Waals surface area (Å²) in [6, 6.07) is 9.56. The lowest BCUT2D eigenvalue weighted by atomic mass is 9.89. The van der Waals surface area contributed by atoms with Gasteiger partial charge in [0.05, 0.1) is 0 Å². The van der Waals surface area contributed by atoms with E-state index in [2.05, 4.69) is 50.4 Å². The van der Waals surface area contributed by atoms with Gasteiger partial charge in [-0.15, -0.1) is 0 Å². The van der Waals surface area contributed by atoms with Crippen LogP contribution in [0.4, 0.5) is 0 Å². The Kier molecular flexibility index (Phi) is 4.57. The zero-order valence-corrected chi connectivity index (χ0v) is 13.0. The second-order valence-corrected chi connectivity index (χ2v) is 6.88.